The van der Waals surface area contributed by atoms with E-state index in [-0.39, 0.29) is 23.0 Å². The molecule has 1 aliphatic rings. The van der Waals surface area contributed by atoms with Crippen LogP contribution in [0.3, 0.4) is 0 Å². The van der Waals surface area contributed by atoms with Crippen LogP contribution in [0.4, 0.5) is 0 Å². The Morgan fingerprint density at radius 3 is 2.37 bits per heavy atom. The maximum absolute atomic E-state index is 12.2. The molecule has 0 spiro atoms. The zero-order valence-corrected chi connectivity index (χ0v) is 10.6. The number of phenols is 2. The molecule has 0 unspecified atom stereocenters. The van der Waals surface area contributed by atoms with Gasteiger partial charge in [0, 0.05) is 31.4 Å². The quantitative estimate of drug-likeness (QED) is 0.631. The molecule has 0 bridgehead atoms. The topological polar surface area (TPSA) is 105 Å². The van der Waals surface area contributed by atoms with Gasteiger partial charge in [0.2, 0.25) is 0 Å². The first-order chi connectivity index (χ1) is 9.04. The number of benzene rings is 1. The SMILES string of the molecule is NCC1(NC(=O)c2cc(O)cc(O)c2)CCOCC1. The first kappa shape index (κ1) is 13.6. The molecule has 1 aromatic rings. The van der Waals surface area contributed by atoms with Crippen molar-refractivity contribution in [2.75, 3.05) is 19.8 Å². The van der Waals surface area contributed by atoms with Crippen LogP contribution in [0.15, 0.2) is 18.2 Å². The molecular weight excluding hydrogens is 248 g/mol. The number of amides is 1. The van der Waals surface area contributed by atoms with E-state index < -0.39 is 5.54 Å². The molecule has 0 saturated carbocycles. The van der Waals surface area contributed by atoms with Crippen LogP contribution in [0.25, 0.3) is 0 Å². The van der Waals surface area contributed by atoms with Crippen molar-refractivity contribution in [3.8, 4) is 11.5 Å². The predicted octanol–water partition coefficient (Wildman–Crippen LogP) is 0.336. The van der Waals surface area contributed by atoms with Crippen LogP contribution in [-0.4, -0.2) is 41.4 Å². The average Bonchev–Trinajstić information content (AvgIpc) is 2.38. The highest BCUT2D eigenvalue weighted by molar-refractivity contribution is 5.95. The van der Waals surface area contributed by atoms with E-state index in [0.717, 1.165) is 0 Å². The maximum Gasteiger partial charge on any atom is 0.252 e. The van der Waals surface area contributed by atoms with E-state index >= 15 is 0 Å². The van der Waals surface area contributed by atoms with Gasteiger partial charge in [-0.25, -0.2) is 0 Å². The van der Waals surface area contributed by atoms with Gasteiger partial charge in [-0.3, -0.25) is 4.79 Å². The number of ether oxygens (including phenoxy) is 1. The zero-order chi connectivity index (χ0) is 13.9. The van der Waals surface area contributed by atoms with Crippen LogP contribution in [-0.2, 0) is 4.74 Å². The van der Waals surface area contributed by atoms with E-state index in [0.29, 0.717) is 32.6 Å². The molecule has 6 heteroatoms. The second kappa shape index (κ2) is 5.46. The molecule has 0 atom stereocenters. The fraction of sp³-hybridized carbons (Fsp3) is 0.462. The Morgan fingerprint density at radius 2 is 1.84 bits per heavy atom. The van der Waals surface area contributed by atoms with Gasteiger partial charge < -0.3 is 26.0 Å². The average molecular weight is 266 g/mol. The van der Waals surface area contributed by atoms with E-state index in [1.165, 1.54) is 18.2 Å². The second-order valence-corrected chi connectivity index (χ2v) is 4.79. The highest BCUT2D eigenvalue weighted by atomic mass is 16.5. The van der Waals surface area contributed by atoms with Gasteiger partial charge in [0.05, 0.1) is 5.54 Å². The van der Waals surface area contributed by atoms with Gasteiger partial charge in [0.25, 0.3) is 5.91 Å². The number of rotatable bonds is 3. The molecule has 1 saturated heterocycles. The van der Waals surface area contributed by atoms with Crippen molar-refractivity contribution in [2.24, 2.45) is 5.73 Å². The Labute approximate surface area is 111 Å². The summed E-state index contributed by atoms with van der Waals surface area (Å²) in [6.07, 6.45) is 1.31. The lowest BCUT2D eigenvalue weighted by atomic mass is 9.89. The van der Waals surface area contributed by atoms with E-state index in [1.54, 1.807) is 0 Å². The highest BCUT2D eigenvalue weighted by Gasteiger charge is 2.33. The third-order valence-electron chi connectivity index (χ3n) is 3.38. The molecule has 5 N–H and O–H groups in total. The van der Waals surface area contributed by atoms with Crippen molar-refractivity contribution in [2.45, 2.75) is 18.4 Å². The number of carbonyl (C=O) groups is 1. The lowest BCUT2D eigenvalue weighted by molar-refractivity contribution is 0.0388. The second-order valence-electron chi connectivity index (χ2n) is 4.79. The van der Waals surface area contributed by atoms with Crippen molar-refractivity contribution in [1.29, 1.82) is 0 Å². The summed E-state index contributed by atoms with van der Waals surface area (Å²) in [5, 5.41) is 21.7. The molecule has 2 rings (SSSR count). The minimum Gasteiger partial charge on any atom is -0.508 e. The number of carbonyl (C=O) groups excluding carboxylic acids is 1. The number of nitrogens with one attached hydrogen (secondary N) is 1. The van der Waals surface area contributed by atoms with Crippen LogP contribution in [0.1, 0.15) is 23.2 Å². The lowest BCUT2D eigenvalue weighted by Gasteiger charge is -2.36. The first-order valence-electron chi connectivity index (χ1n) is 6.18. The largest absolute Gasteiger partial charge is 0.508 e. The zero-order valence-electron chi connectivity index (χ0n) is 10.6. The summed E-state index contributed by atoms with van der Waals surface area (Å²) in [5.74, 6) is -0.670. The smallest absolute Gasteiger partial charge is 0.252 e. The molecule has 0 aromatic heterocycles. The number of hydrogen-bond acceptors (Lipinski definition) is 5. The Balaban J connectivity index is 2.15. The van der Waals surface area contributed by atoms with Crippen LogP contribution in [0, 0.1) is 0 Å². The minimum atomic E-state index is -0.476. The molecule has 1 heterocycles. The highest BCUT2D eigenvalue weighted by Crippen LogP contribution is 2.23. The number of hydrogen-bond donors (Lipinski definition) is 4. The van der Waals surface area contributed by atoms with E-state index in [4.69, 9.17) is 10.5 Å². The molecule has 0 radical (unpaired) electrons. The van der Waals surface area contributed by atoms with Gasteiger partial charge in [0.1, 0.15) is 11.5 Å². The monoisotopic (exact) mass is 266 g/mol. The van der Waals surface area contributed by atoms with Crippen molar-refractivity contribution in [3.05, 3.63) is 23.8 Å². The van der Waals surface area contributed by atoms with Crippen LogP contribution >= 0.6 is 0 Å². The molecule has 1 aliphatic heterocycles. The summed E-state index contributed by atoms with van der Waals surface area (Å²) >= 11 is 0. The fourth-order valence-electron chi connectivity index (χ4n) is 2.18. The minimum absolute atomic E-state index is 0.154. The van der Waals surface area contributed by atoms with Crippen LogP contribution < -0.4 is 11.1 Å². The molecule has 19 heavy (non-hydrogen) atoms. The molecule has 1 amide bonds. The van der Waals surface area contributed by atoms with E-state index in [1.807, 2.05) is 0 Å². The summed E-state index contributed by atoms with van der Waals surface area (Å²) in [7, 11) is 0. The Morgan fingerprint density at radius 1 is 1.26 bits per heavy atom. The molecule has 6 nitrogen and oxygen atoms in total. The first-order valence-corrected chi connectivity index (χ1v) is 6.18. The van der Waals surface area contributed by atoms with Gasteiger partial charge >= 0.3 is 0 Å². The molecular formula is C13H18N2O4. The predicted molar refractivity (Wildman–Crippen MR) is 69.1 cm³/mol. The number of aromatic hydroxyl groups is 2. The standard InChI is InChI=1S/C13H18N2O4/c14-8-13(1-3-19-4-2-13)15-12(18)9-5-10(16)7-11(17)6-9/h5-7,16-17H,1-4,8,14H2,(H,15,18). The molecule has 1 fully saturated rings. The summed E-state index contributed by atoms with van der Waals surface area (Å²) in [4.78, 5) is 12.2. The lowest BCUT2D eigenvalue weighted by Crippen LogP contribution is -2.56. The van der Waals surface area contributed by atoms with Crippen LogP contribution in [0.5, 0.6) is 11.5 Å². The summed E-state index contributed by atoms with van der Waals surface area (Å²) < 4.78 is 5.27. The van der Waals surface area contributed by atoms with E-state index in [2.05, 4.69) is 5.32 Å². The van der Waals surface area contributed by atoms with Gasteiger partial charge in [-0.15, -0.1) is 0 Å². The van der Waals surface area contributed by atoms with Gasteiger partial charge in [-0.1, -0.05) is 0 Å². The Hall–Kier alpha value is -1.79. The van der Waals surface area contributed by atoms with Crippen LogP contribution in [0.2, 0.25) is 0 Å². The number of phenolic OH excluding ortho intramolecular Hbond substituents is 2. The van der Waals surface area contributed by atoms with E-state index in [9.17, 15) is 15.0 Å². The molecule has 1 aromatic carbocycles. The Bertz CT molecular complexity index is 449. The van der Waals surface area contributed by atoms with Crippen molar-refractivity contribution in [1.82, 2.24) is 5.32 Å². The third kappa shape index (κ3) is 3.15. The summed E-state index contributed by atoms with van der Waals surface area (Å²) in [6.45, 7) is 1.44. The third-order valence-corrected chi connectivity index (χ3v) is 3.38. The normalized spacial score (nSPS) is 17.9. The van der Waals surface area contributed by atoms with Crippen molar-refractivity contribution >= 4 is 5.91 Å². The number of nitrogens with two attached hydrogens (primary N) is 1. The summed E-state index contributed by atoms with van der Waals surface area (Å²) in [6, 6.07) is 3.78. The van der Waals surface area contributed by atoms with Gasteiger partial charge in [0.15, 0.2) is 0 Å². The van der Waals surface area contributed by atoms with Gasteiger partial charge in [-0.05, 0) is 25.0 Å². The molecule has 0 aliphatic carbocycles. The summed E-state index contributed by atoms with van der Waals surface area (Å²) in [5.41, 5.74) is 5.48. The van der Waals surface area contributed by atoms with Crippen molar-refractivity contribution in [3.63, 3.8) is 0 Å². The van der Waals surface area contributed by atoms with Crippen molar-refractivity contribution < 1.29 is 19.7 Å². The Kier molecular flexibility index (Phi) is 3.92. The molecule has 104 valence electrons. The fourth-order valence-corrected chi connectivity index (χ4v) is 2.18. The van der Waals surface area contributed by atoms with Gasteiger partial charge in [-0.2, -0.15) is 0 Å². The maximum atomic E-state index is 12.2.